The summed E-state index contributed by atoms with van der Waals surface area (Å²) in [6, 6.07) is 16.6. The summed E-state index contributed by atoms with van der Waals surface area (Å²) >= 11 is 0. The fourth-order valence-electron chi connectivity index (χ4n) is 3.86. The lowest BCUT2D eigenvalue weighted by Crippen LogP contribution is -2.41. The van der Waals surface area contributed by atoms with Crippen molar-refractivity contribution < 1.29 is 9.53 Å². The number of rotatable bonds is 4. The molecule has 1 aliphatic heterocycles. The molecule has 4 heteroatoms. The number of likely N-dealkylation sites (tertiary alicyclic amines) is 1. The van der Waals surface area contributed by atoms with Crippen molar-refractivity contribution in [1.29, 1.82) is 0 Å². The number of nitrogens with zero attached hydrogens (tertiary/aromatic N) is 2. The zero-order valence-corrected chi connectivity index (χ0v) is 16.2. The summed E-state index contributed by atoms with van der Waals surface area (Å²) in [5.74, 6) is 0.926. The second-order valence-electron chi connectivity index (χ2n) is 7.39. The van der Waals surface area contributed by atoms with Gasteiger partial charge in [0.05, 0.1) is 7.11 Å². The molecule has 4 nitrogen and oxygen atoms in total. The predicted molar refractivity (Wildman–Crippen MR) is 105 cm³/mol. The third-order valence-electron chi connectivity index (χ3n) is 5.55. The SMILES string of the molecule is COc1cccc(C2(c3ccc(C(=O)N(C)C)cc3)CCN(C)CC2)c1. The molecule has 0 radical (unpaired) electrons. The van der Waals surface area contributed by atoms with Gasteiger partial charge in [-0.1, -0.05) is 24.3 Å². The topological polar surface area (TPSA) is 32.8 Å². The Morgan fingerprint density at radius 2 is 1.69 bits per heavy atom. The molecule has 0 unspecified atom stereocenters. The van der Waals surface area contributed by atoms with Gasteiger partial charge < -0.3 is 14.5 Å². The van der Waals surface area contributed by atoms with E-state index in [9.17, 15) is 4.79 Å². The predicted octanol–water partition coefficient (Wildman–Crippen LogP) is 3.41. The number of methoxy groups -OCH3 is 1. The lowest BCUT2D eigenvalue weighted by molar-refractivity contribution is 0.0827. The molecule has 0 aromatic heterocycles. The van der Waals surface area contributed by atoms with Gasteiger partial charge in [-0.2, -0.15) is 0 Å². The van der Waals surface area contributed by atoms with Crippen LogP contribution in [-0.2, 0) is 5.41 Å². The Kier molecular flexibility index (Phi) is 5.33. The minimum Gasteiger partial charge on any atom is -0.497 e. The molecule has 2 aromatic carbocycles. The van der Waals surface area contributed by atoms with Crippen LogP contribution in [0.3, 0.4) is 0 Å². The van der Waals surface area contributed by atoms with Crippen LogP contribution in [0.5, 0.6) is 5.75 Å². The molecular formula is C22H28N2O2. The molecule has 0 spiro atoms. The molecule has 138 valence electrons. The van der Waals surface area contributed by atoms with Gasteiger partial charge in [0.25, 0.3) is 5.91 Å². The Bertz CT molecular complexity index is 760. The van der Waals surface area contributed by atoms with Crippen molar-refractivity contribution in [2.24, 2.45) is 0 Å². The highest BCUT2D eigenvalue weighted by atomic mass is 16.5. The van der Waals surface area contributed by atoms with Gasteiger partial charge in [-0.05, 0) is 68.4 Å². The fourth-order valence-corrected chi connectivity index (χ4v) is 3.86. The van der Waals surface area contributed by atoms with E-state index >= 15 is 0 Å². The molecule has 0 atom stereocenters. The van der Waals surface area contributed by atoms with E-state index in [2.05, 4.69) is 42.3 Å². The number of amides is 1. The zero-order chi connectivity index (χ0) is 18.7. The van der Waals surface area contributed by atoms with Crippen molar-refractivity contribution in [2.75, 3.05) is 41.3 Å². The highest BCUT2D eigenvalue weighted by molar-refractivity contribution is 5.93. The van der Waals surface area contributed by atoms with Crippen molar-refractivity contribution in [2.45, 2.75) is 18.3 Å². The van der Waals surface area contributed by atoms with E-state index in [1.54, 1.807) is 26.1 Å². The quantitative estimate of drug-likeness (QED) is 0.845. The van der Waals surface area contributed by atoms with Crippen LogP contribution in [0.2, 0.25) is 0 Å². The van der Waals surface area contributed by atoms with Crippen LogP contribution in [0.4, 0.5) is 0 Å². The van der Waals surface area contributed by atoms with Gasteiger partial charge in [-0.25, -0.2) is 0 Å². The zero-order valence-electron chi connectivity index (χ0n) is 16.2. The van der Waals surface area contributed by atoms with Gasteiger partial charge in [-0.3, -0.25) is 4.79 Å². The van der Waals surface area contributed by atoms with Crippen LogP contribution in [0.1, 0.15) is 34.3 Å². The molecule has 2 aromatic rings. The highest BCUT2D eigenvalue weighted by Gasteiger charge is 2.37. The normalized spacial score (nSPS) is 16.9. The Labute approximate surface area is 156 Å². The van der Waals surface area contributed by atoms with Crippen LogP contribution in [0.25, 0.3) is 0 Å². The van der Waals surface area contributed by atoms with Crippen molar-refractivity contribution in [3.8, 4) is 5.75 Å². The molecular weight excluding hydrogens is 324 g/mol. The number of carbonyl (C=O) groups is 1. The van der Waals surface area contributed by atoms with Crippen molar-refractivity contribution in [3.05, 3.63) is 65.2 Å². The minimum atomic E-state index is -0.0409. The summed E-state index contributed by atoms with van der Waals surface area (Å²) < 4.78 is 5.46. The van der Waals surface area contributed by atoms with Crippen molar-refractivity contribution in [3.63, 3.8) is 0 Å². The molecule has 1 amide bonds. The number of hydrogen-bond acceptors (Lipinski definition) is 3. The molecule has 0 bridgehead atoms. The molecule has 0 N–H and O–H groups in total. The first-order valence-corrected chi connectivity index (χ1v) is 9.11. The van der Waals surface area contributed by atoms with Gasteiger partial charge in [0, 0.05) is 25.1 Å². The third kappa shape index (κ3) is 3.47. The summed E-state index contributed by atoms with van der Waals surface area (Å²) in [7, 11) is 7.45. The molecule has 0 saturated carbocycles. The number of hydrogen-bond donors (Lipinski definition) is 0. The van der Waals surface area contributed by atoms with Crippen LogP contribution in [-0.4, -0.2) is 57.0 Å². The first kappa shape index (κ1) is 18.5. The van der Waals surface area contributed by atoms with E-state index in [1.807, 2.05) is 18.2 Å². The van der Waals surface area contributed by atoms with Crippen LogP contribution in [0, 0.1) is 0 Å². The second kappa shape index (κ2) is 7.50. The minimum absolute atomic E-state index is 0.0374. The number of ether oxygens (including phenoxy) is 1. The van der Waals surface area contributed by atoms with Crippen molar-refractivity contribution >= 4 is 5.91 Å². The lowest BCUT2D eigenvalue weighted by Gasteiger charge is -2.42. The van der Waals surface area contributed by atoms with Gasteiger partial charge in [-0.15, -0.1) is 0 Å². The smallest absolute Gasteiger partial charge is 0.253 e. The van der Waals surface area contributed by atoms with Gasteiger partial charge in [0.2, 0.25) is 0 Å². The number of benzene rings is 2. The summed E-state index contributed by atoms with van der Waals surface area (Å²) in [5, 5.41) is 0. The van der Waals surface area contributed by atoms with E-state index in [-0.39, 0.29) is 11.3 Å². The summed E-state index contributed by atoms with van der Waals surface area (Å²) in [4.78, 5) is 16.2. The van der Waals surface area contributed by atoms with Gasteiger partial charge in [0.1, 0.15) is 5.75 Å². The van der Waals surface area contributed by atoms with Gasteiger partial charge in [0.15, 0.2) is 0 Å². The van der Waals surface area contributed by atoms with E-state index in [0.717, 1.165) is 37.2 Å². The number of carbonyl (C=O) groups excluding carboxylic acids is 1. The summed E-state index contributed by atoms with van der Waals surface area (Å²) in [6.07, 6.45) is 2.11. The third-order valence-corrected chi connectivity index (χ3v) is 5.55. The first-order valence-electron chi connectivity index (χ1n) is 9.11. The molecule has 1 heterocycles. The largest absolute Gasteiger partial charge is 0.497 e. The lowest BCUT2D eigenvalue weighted by atomic mass is 9.68. The van der Waals surface area contributed by atoms with E-state index in [4.69, 9.17) is 4.74 Å². The maximum Gasteiger partial charge on any atom is 0.253 e. The molecule has 1 saturated heterocycles. The second-order valence-corrected chi connectivity index (χ2v) is 7.39. The van der Waals surface area contributed by atoms with E-state index in [1.165, 1.54) is 11.1 Å². The molecule has 1 fully saturated rings. The highest BCUT2D eigenvalue weighted by Crippen LogP contribution is 2.42. The Balaban J connectivity index is 2.02. The summed E-state index contributed by atoms with van der Waals surface area (Å²) in [5.41, 5.74) is 3.25. The molecule has 3 rings (SSSR count). The Morgan fingerprint density at radius 3 is 2.27 bits per heavy atom. The molecule has 26 heavy (non-hydrogen) atoms. The van der Waals surface area contributed by atoms with Crippen LogP contribution in [0.15, 0.2) is 48.5 Å². The molecule has 0 aliphatic carbocycles. The summed E-state index contributed by atoms with van der Waals surface area (Å²) in [6.45, 7) is 2.10. The van der Waals surface area contributed by atoms with E-state index < -0.39 is 0 Å². The standard InChI is InChI=1S/C22H28N2O2/c1-23(2)21(25)17-8-10-18(11-9-17)22(12-14-24(3)15-13-22)19-6-5-7-20(16-19)26-4/h5-11,16H,12-15H2,1-4H3. The van der Waals surface area contributed by atoms with Gasteiger partial charge >= 0.3 is 0 Å². The van der Waals surface area contributed by atoms with Crippen molar-refractivity contribution in [1.82, 2.24) is 9.80 Å². The fraction of sp³-hybridized carbons (Fsp3) is 0.409. The number of piperidine rings is 1. The van der Waals surface area contributed by atoms with E-state index in [0.29, 0.717) is 0 Å². The van der Waals surface area contributed by atoms with Crippen LogP contribution < -0.4 is 4.74 Å². The Hall–Kier alpha value is -2.33. The monoisotopic (exact) mass is 352 g/mol. The van der Waals surface area contributed by atoms with Crippen LogP contribution >= 0.6 is 0 Å². The maximum absolute atomic E-state index is 12.2. The first-order chi connectivity index (χ1) is 12.5. The maximum atomic E-state index is 12.2. The Morgan fingerprint density at radius 1 is 1.04 bits per heavy atom. The molecule has 1 aliphatic rings. The average molecular weight is 352 g/mol. The average Bonchev–Trinajstić information content (AvgIpc) is 2.68.